The second kappa shape index (κ2) is 5.16. The zero-order valence-electron chi connectivity index (χ0n) is 11.2. The summed E-state index contributed by atoms with van der Waals surface area (Å²) in [5.74, 6) is 0.910. The molecule has 2 aromatic heterocycles. The summed E-state index contributed by atoms with van der Waals surface area (Å²) >= 11 is 0. The van der Waals surface area contributed by atoms with Crippen LogP contribution in [0.5, 0.6) is 0 Å². The number of fused-ring (bicyclic) bond motifs is 1. The smallest absolute Gasteiger partial charge is 0.224 e. The molecule has 1 atom stereocenters. The van der Waals surface area contributed by atoms with E-state index in [1.165, 1.54) is 5.56 Å². The number of aromatic nitrogens is 4. The summed E-state index contributed by atoms with van der Waals surface area (Å²) in [6.07, 6.45) is 2.49. The van der Waals surface area contributed by atoms with E-state index in [9.17, 15) is 0 Å². The highest BCUT2D eigenvalue weighted by Crippen LogP contribution is 2.18. The van der Waals surface area contributed by atoms with E-state index in [4.69, 9.17) is 5.73 Å². The van der Waals surface area contributed by atoms with Crippen molar-refractivity contribution in [2.24, 2.45) is 0 Å². The molecule has 0 fully saturated rings. The topological polar surface area (TPSA) is 92.5 Å². The second-order valence-electron chi connectivity index (χ2n) is 4.77. The van der Waals surface area contributed by atoms with Crippen LogP contribution in [0.3, 0.4) is 0 Å². The van der Waals surface area contributed by atoms with E-state index >= 15 is 0 Å². The number of imidazole rings is 1. The van der Waals surface area contributed by atoms with Gasteiger partial charge < -0.3 is 16.0 Å². The summed E-state index contributed by atoms with van der Waals surface area (Å²) in [6.45, 7) is 2.10. The van der Waals surface area contributed by atoms with Crippen molar-refractivity contribution in [1.82, 2.24) is 19.9 Å². The standard InChI is InChI=1S/C14H16N6/c1-9(7-10-5-3-2-4-6-10)18-13-11-12(17-8-16-11)19-14(15)20-13/h2-6,8-9H,7H2,1H3,(H4,15,16,17,18,19,20). The normalized spacial score (nSPS) is 12.4. The fourth-order valence-electron chi connectivity index (χ4n) is 2.21. The Bertz CT molecular complexity index is 706. The summed E-state index contributed by atoms with van der Waals surface area (Å²) in [5.41, 5.74) is 8.32. The van der Waals surface area contributed by atoms with Crippen molar-refractivity contribution in [3.8, 4) is 0 Å². The summed E-state index contributed by atoms with van der Waals surface area (Å²) in [7, 11) is 0. The van der Waals surface area contributed by atoms with Crippen LogP contribution in [0.15, 0.2) is 36.7 Å². The first-order valence-electron chi connectivity index (χ1n) is 6.49. The third-order valence-corrected chi connectivity index (χ3v) is 3.07. The van der Waals surface area contributed by atoms with Crippen molar-refractivity contribution in [1.29, 1.82) is 0 Å². The molecule has 2 heterocycles. The van der Waals surface area contributed by atoms with Crippen LogP contribution in [0, 0.1) is 0 Å². The van der Waals surface area contributed by atoms with Gasteiger partial charge in [0.1, 0.15) is 5.52 Å². The number of nitrogens with two attached hydrogens (primary N) is 1. The molecule has 0 saturated heterocycles. The van der Waals surface area contributed by atoms with Crippen molar-refractivity contribution in [3.63, 3.8) is 0 Å². The van der Waals surface area contributed by atoms with Crippen LogP contribution in [0.4, 0.5) is 11.8 Å². The van der Waals surface area contributed by atoms with Crippen LogP contribution in [0.2, 0.25) is 0 Å². The van der Waals surface area contributed by atoms with E-state index in [1.54, 1.807) is 6.33 Å². The molecule has 0 bridgehead atoms. The molecule has 0 radical (unpaired) electrons. The molecule has 0 saturated carbocycles. The summed E-state index contributed by atoms with van der Waals surface area (Å²) < 4.78 is 0. The van der Waals surface area contributed by atoms with Crippen LogP contribution in [-0.2, 0) is 6.42 Å². The Kier molecular flexibility index (Phi) is 3.20. The lowest BCUT2D eigenvalue weighted by Crippen LogP contribution is -2.19. The van der Waals surface area contributed by atoms with Crippen molar-refractivity contribution in [3.05, 3.63) is 42.2 Å². The van der Waals surface area contributed by atoms with Crippen LogP contribution in [0.1, 0.15) is 12.5 Å². The van der Waals surface area contributed by atoms with Crippen LogP contribution in [0.25, 0.3) is 11.2 Å². The van der Waals surface area contributed by atoms with E-state index in [-0.39, 0.29) is 12.0 Å². The minimum absolute atomic E-state index is 0.221. The lowest BCUT2D eigenvalue weighted by Gasteiger charge is -2.15. The fourth-order valence-corrected chi connectivity index (χ4v) is 2.21. The van der Waals surface area contributed by atoms with Gasteiger partial charge in [0.15, 0.2) is 11.5 Å². The number of hydrogen-bond donors (Lipinski definition) is 3. The first-order chi connectivity index (χ1) is 9.72. The molecule has 102 valence electrons. The first-order valence-corrected chi connectivity index (χ1v) is 6.49. The van der Waals surface area contributed by atoms with Crippen LogP contribution >= 0.6 is 0 Å². The minimum Gasteiger partial charge on any atom is -0.368 e. The van der Waals surface area contributed by atoms with E-state index in [2.05, 4.69) is 44.3 Å². The van der Waals surface area contributed by atoms with Gasteiger partial charge in [-0.1, -0.05) is 30.3 Å². The van der Waals surface area contributed by atoms with Gasteiger partial charge in [-0.3, -0.25) is 0 Å². The lowest BCUT2D eigenvalue weighted by atomic mass is 10.1. The number of benzene rings is 1. The van der Waals surface area contributed by atoms with E-state index in [0.29, 0.717) is 11.5 Å². The SMILES string of the molecule is CC(Cc1ccccc1)Nc1nc(N)nc2nc[nH]c12. The average Bonchev–Trinajstić information content (AvgIpc) is 2.88. The summed E-state index contributed by atoms with van der Waals surface area (Å²) in [4.78, 5) is 15.4. The molecular weight excluding hydrogens is 252 g/mol. The largest absolute Gasteiger partial charge is 0.368 e. The highest BCUT2D eigenvalue weighted by atomic mass is 15.1. The van der Waals surface area contributed by atoms with Gasteiger partial charge in [0.25, 0.3) is 0 Å². The summed E-state index contributed by atoms with van der Waals surface area (Å²) in [6, 6.07) is 10.5. The average molecular weight is 268 g/mol. The Morgan fingerprint density at radius 3 is 2.85 bits per heavy atom. The molecule has 6 nitrogen and oxygen atoms in total. The second-order valence-corrected chi connectivity index (χ2v) is 4.77. The van der Waals surface area contributed by atoms with Gasteiger partial charge in [-0.2, -0.15) is 9.97 Å². The zero-order valence-corrected chi connectivity index (χ0v) is 11.2. The Morgan fingerprint density at radius 2 is 2.05 bits per heavy atom. The number of nitrogens with one attached hydrogen (secondary N) is 2. The third-order valence-electron chi connectivity index (χ3n) is 3.07. The third kappa shape index (κ3) is 2.54. The minimum atomic E-state index is 0.221. The number of nitrogens with zero attached hydrogens (tertiary/aromatic N) is 3. The zero-order chi connectivity index (χ0) is 13.9. The molecular formula is C14H16N6. The van der Waals surface area contributed by atoms with E-state index in [1.807, 2.05) is 18.2 Å². The van der Waals surface area contributed by atoms with E-state index in [0.717, 1.165) is 11.9 Å². The molecule has 6 heteroatoms. The van der Waals surface area contributed by atoms with Crippen LogP contribution in [-0.4, -0.2) is 26.0 Å². The lowest BCUT2D eigenvalue weighted by molar-refractivity contribution is 0.786. The van der Waals surface area contributed by atoms with Crippen LogP contribution < -0.4 is 11.1 Å². The van der Waals surface area contributed by atoms with Gasteiger partial charge in [-0.15, -0.1) is 0 Å². The molecule has 20 heavy (non-hydrogen) atoms. The quantitative estimate of drug-likeness (QED) is 0.673. The van der Waals surface area contributed by atoms with Crippen molar-refractivity contribution in [2.45, 2.75) is 19.4 Å². The number of aromatic amines is 1. The highest BCUT2D eigenvalue weighted by Gasteiger charge is 2.11. The molecule has 1 unspecified atom stereocenters. The number of nitrogen functional groups attached to an aromatic ring is 1. The molecule has 3 rings (SSSR count). The Hall–Kier alpha value is -2.63. The first kappa shape index (κ1) is 12.4. The molecule has 0 aliphatic rings. The highest BCUT2D eigenvalue weighted by molar-refractivity contribution is 5.83. The van der Waals surface area contributed by atoms with Gasteiger partial charge in [0, 0.05) is 6.04 Å². The number of hydrogen-bond acceptors (Lipinski definition) is 5. The predicted octanol–water partition coefficient (Wildman–Crippen LogP) is 1.98. The Labute approximate surface area is 116 Å². The van der Waals surface area contributed by atoms with Gasteiger partial charge in [-0.05, 0) is 18.9 Å². The summed E-state index contributed by atoms with van der Waals surface area (Å²) in [5, 5.41) is 3.36. The van der Waals surface area contributed by atoms with Gasteiger partial charge in [0.05, 0.1) is 6.33 Å². The van der Waals surface area contributed by atoms with Crippen molar-refractivity contribution < 1.29 is 0 Å². The molecule has 3 aromatic rings. The van der Waals surface area contributed by atoms with Crippen molar-refractivity contribution >= 4 is 22.9 Å². The molecule has 0 amide bonds. The maximum atomic E-state index is 5.70. The van der Waals surface area contributed by atoms with Gasteiger partial charge in [0.2, 0.25) is 5.95 Å². The predicted molar refractivity (Wildman–Crippen MR) is 79.3 cm³/mol. The number of H-pyrrole nitrogens is 1. The molecule has 0 aliphatic carbocycles. The van der Waals surface area contributed by atoms with Gasteiger partial charge in [-0.25, -0.2) is 4.98 Å². The molecule has 0 aliphatic heterocycles. The van der Waals surface area contributed by atoms with Gasteiger partial charge >= 0.3 is 0 Å². The monoisotopic (exact) mass is 268 g/mol. The molecule has 0 spiro atoms. The number of rotatable bonds is 4. The maximum Gasteiger partial charge on any atom is 0.224 e. The Morgan fingerprint density at radius 1 is 1.25 bits per heavy atom. The number of anilines is 2. The molecule has 4 N–H and O–H groups in total. The fraction of sp³-hybridized carbons (Fsp3) is 0.214. The maximum absolute atomic E-state index is 5.70. The molecule has 1 aromatic carbocycles. The van der Waals surface area contributed by atoms with E-state index < -0.39 is 0 Å². The Balaban J connectivity index is 1.80. The van der Waals surface area contributed by atoms with Crippen molar-refractivity contribution in [2.75, 3.05) is 11.1 Å².